The molecule has 0 spiro atoms. The topological polar surface area (TPSA) is 44.7 Å². The van der Waals surface area contributed by atoms with Crippen molar-refractivity contribution in [1.29, 1.82) is 0 Å². The minimum Gasteiger partial charge on any atom is -0.299 e. The van der Waals surface area contributed by atoms with E-state index >= 15 is 0 Å². The molecule has 138 valence electrons. The van der Waals surface area contributed by atoms with E-state index in [1.54, 1.807) is 18.2 Å². The van der Waals surface area contributed by atoms with Gasteiger partial charge in [-0.2, -0.15) is 0 Å². The molecule has 0 aliphatic carbocycles. The van der Waals surface area contributed by atoms with Crippen LogP contribution in [-0.4, -0.2) is 22.6 Å². The molecule has 0 radical (unpaired) electrons. The summed E-state index contributed by atoms with van der Waals surface area (Å²) in [4.78, 5) is 13.6. The zero-order chi connectivity index (χ0) is 19.4. The summed E-state index contributed by atoms with van der Waals surface area (Å²) in [7, 11) is 0. The number of nitrogens with one attached hydrogen (secondary N) is 1. The first-order valence-corrected chi connectivity index (χ1v) is 10.2. The molecule has 0 saturated heterocycles. The number of allylic oxidation sites excluding steroid dienone is 1. The number of hydrogen-bond donors (Lipinski definition) is 1. The number of carbonyl (C=O) groups is 1. The van der Waals surface area contributed by atoms with Crippen molar-refractivity contribution in [3.05, 3.63) is 86.7 Å². The van der Waals surface area contributed by atoms with Gasteiger partial charge in [0.05, 0.1) is 12.2 Å². The predicted molar refractivity (Wildman–Crippen MR) is 118 cm³/mol. The fourth-order valence-electron chi connectivity index (χ4n) is 2.62. The van der Waals surface area contributed by atoms with Gasteiger partial charge in [0, 0.05) is 25.5 Å². The highest BCUT2D eigenvalue weighted by atomic mass is 79.9. The van der Waals surface area contributed by atoms with Gasteiger partial charge in [-0.25, -0.2) is 0 Å². The Morgan fingerprint density at radius 3 is 2.74 bits per heavy atom. The first-order valence-electron chi connectivity index (χ1n) is 8.16. The Kier molecular flexibility index (Phi) is 6.42. The highest BCUT2D eigenvalue weighted by molar-refractivity contribution is 9.10. The summed E-state index contributed by atoms with van der Waals surface area (Å²) >= 11 is 10.8. The van der Waals surface area contributed by atoms with Crippen molar-refractivity contribution in [2.24, 2.45) is 5.10 Å². The lowest BCUT2D eigenvalue weighted by atomic mass is 10.1. The zero-order valence-electron chi connectivity index (χ0n) is 14.6. The van der Waals surface area contributed by atoms with Crippen LogP contribution in [0.15, 0.2) is 75.7 Å². The van der Waals surface area contributed by atoms with E-state index in [1.165, 1.54) is 11.8 Å². The maximum Gasteiger partial charge on any atom is 0.257 e. The number of hydrazone groups is 1. The summed E-state index contributed by atoms with van der Waals surface area (Å²) in [6.45, 7) is 6.34. The molecule has 0 atom stereocenters. The van der Waals surface area contributed by atoms with Crippen LogP contribution in [0.3, 0.4) is 0 Å². The maximum atomic E-state index is 12.5. The van der Waals surface area contributed by atoms with Gasteiger partial charge < -0.3 is 0 Å². The fraction of sp³-hybridized carbons (Fsp3) is 0.100. The number of thioether (sulfide) groups is 1. The molecule has 1 aliphatic rings. The summed E-state index contributed by atoms with van der Waals surface area (Å²) in [6, 6.07) is 14.8. The Morgan fingerprint density at radius 2 is 2.07 bits per heavy atom. The summed E-state index contributed by atoms with van der Waals surface area (Å²) in [5.74, 6) is -0.205. The van der Waals surface area contributed by atoms with Crippen LogP contribution < -0.4 is 5.32 Å². The number of halogens is 2. The second kappa shape index (κ2) is 8.78. The standard InChI is InChI=1S/C20H17BrClN3OS/c1-3-11-25-18(14-7-9-17(22)10-8-14)13(2)27-20(24-25)23-19(26)15-5-4-6-16(21)12-15/h3-10,12H,1,11H2,2H3,(H,23,24,26). The zero-order valence-corrected chi connectivity index (χ0v) is 17.7. The van der Waals surface area contributed by atoms with Crippen LogP contribution in [0.1, 0.15) is 22.8 Å². The van der Waals surface area contributed by atoms with E-state index in [2.05, 4.69) is 32.9 Å². The number of benzene rings is 2. The van der Waals surface area contributed by atoms with Gasteiger partial charge >= 0.3 is 0 Å². The van der Waals surface area contributed by atoms with Gasteiger partial charge in [0.1, 0.15) is 0 Å². The normalized spacial score (nSPS) is 14.0. The molecule has 7 heteroatoms. The fourth-order valence-corrected chi connectivity index (χ4v) is 4.04. The van der Waals surface area contributed by atoms with Crippen LogP contribution in [0.2, 0.25) is 5.02 Å². The SMILES string of the molecule is C=CCN1N=C(NC(=O)c2cccc(Br)c2)SC(C)=C1c1ccc(Cl)cc1. The molecule has 2 aromatic carbocycles. The molecular formula is C20H17BrClN3OS. The van der Waals surface area contributed by atoms with Crippen molar-refractivity contribution in [3.63, 3.8) is 0 Å². The molecule has 0 bridgehead atoms. The van der Waals surface area contributed by atoms with Gasteiger partial charge in [-0.15, -0.1) is 11.7 Å². The molecule has 27 heavy (non-hydrogen) atoms. The van der Waals surface area contributed by atoms with Gasteiger partial charge in [0.15, 0.2) is 5.17 Å². The number of hydrogen-bond acceptors (Lipinski definition) is 4. The van der Waals surface area contributed by atoms with E-state index in [1.807, 2.05) is 48.3 Å². The summed E-state index contributed by atoms with van der Waals surface area (Å²) in [6.07, 6.45) is 1.77. The average Bonchev–Trinajstić information content (AvgIpc) is 2.63. The van der Waals surface area contributed by atoms with E-state index in [-0.39, 0.29) is 5.91 Å². The van der Waals surface area contributed by atoms with Gasteiger partial charge in [0.2, 0.25) is 0 Å². The molecule has 0 unspecified atom stereocenters. The summed E-state index contributed by atoms with van der Waals surface area (Å²) < 4.78 is 0.850. The molecule has 0 saturated carbocycles. The third-order valence-corrected chi connectivity index (χ3v) is 5.40. The number of rotatable bonds is 4. The minimum atomic E-state index is -0.205. The second-order valence-corrected chi connectivity index (χ2v) is 8.31. The Hall–Kier alpha value is -2.02. The lowest BCUT2D eigenvalue weighted by Crippen LogP contribution is -2.33. The van der Waals surface area contributed by atoms with Crippen LogP contribution >= 0.6 is 39.3 Å². The number of carbonyl (C=O) groups excluding carboxylic acids is 1. The van der Waals surface area contributed by atoms with E-state index in [4.69, 9.17) is 11.6 Å². The van der Waals surface area contributed by atoms with Crippen molar-refractivity contribution in [1.82, 2.24) is 10.3 Å². The minimum absolute atomic E-state index is 0.205. The van der Waals surface area contributed by atoms with Crippen LogP contribution in [0.25, 0.3) is 5.70 Å². The molecule has 1 amide bonds. The highest BCUT2D eigenvalue weighted by Gasteiger charge is 2.23. The van der Waals surface area contributed by atoms with Crippen molar-refractivity contribution < 1.29 is 4.79 Å². The first kappa shape index (κ1) is 19.7. The van der Waals surface area contributed by atoms with E-state index in [9.17, 15) is 4.79 Å². The van der Waals surface area contributed by atoms with Gasteiger partial charge in [-0.05, 0) is 37.3 Å². The molecule has 0 aromatic heterocycles. The molecule has 3 rings (SSSR count). The third kappa shape index (κ3) is 4.83. The van der Waals surface area contributed by atoms with Crippen molar-refractivity contribution in [2.45, 2.75) is 6.92 Å². The quantitative estimate of drug-likeness (QED) is 0.590. The number of amides is 1. The Labute approximate surface area is 176 Å². The van der Waals surface area contributed by atoms with E-state index < -0.39 is 0 Å². The molecule has 2 aromatic rings. The summed E-state index contributed by atoms with van der Waals surface area (Å²) in [5.41, 5.74) is 2.54. The van der Waals surface area contributed by atoms with Crippen LogP contribution in [0.4, 0.5) is 0 Å². The van der Waals surface area contributed by atoms with Crippen molar-refractivity contribution >= 4 is 56.1 Å². The van der Waals surface area contributed by atoms with Crippen LogP contribution in [0, 0.1) is 0 Å². The lowest BCUT2D eigenvalue weighted by Gasteiger charge is -2.28. The van der Waals surface area contributed by atoms with Gasteiger partial charge in [0.25, 0.3) is 5.91 Å². The molecule has 0 fully saturated rings. The average molecular weight is 463 g/mol. The largest absolute Gasteiger partial charge is 0.299 e. The molecule has 1 aliphatic heterocycles. The van der Waals surface area contributed by atoms with Crippen molar-refractivity contribution in [2.75, 3.05) is 6.54 Å². The third-order valence-electron chi connectivity index (χ3n) is 3.78. The highest BCUT2D eigenvalue weighted by Crippen LogP contribution is 2.35. The second-order valence-electron chi connectivity index (χ2n) is 5.75. The van der Waals surface area contributed by atoms with Gasteiger partial charge in [-0.3, -0.25) is 15.1 Å². The Balaban J connectivity index is 1.85. The summed E-state index contributed by atoms with van der Waals surface area (Å²) in [5, 5.41) is 10.5. The molecular weight excluding hydrogens is 446 g/mol. The van der Waals surface area contributed by atoms with E-state index in [0.717, 1.165) is 20.6 Å². The number of nitrogens with zero attached hydrogens (tertiary/aromatic N) is 2. The lowest BCUT2D eigenvalue weighted by molar-refractivity contribution is 0.0977. The Bertz CT molecular complexity index is 940. The maximum absolute atomic E-state index is 12.5. The smallest absolute Gasteiger partial charge is 0.257 e. The molecule has 1 heterocycles. The number of amidine groups is 1. The van der Waals surface area contributed by atoms with E-state index in [0.29, 0.717) is 22.3 Å². The monoisotopic (exact) mass is 461 g/mol. The van der Waals surface area contributed by atoms with Crippen molar-refractivity contribution in [3.8, 4) is 0 Å². The molecule has 4 nitrogen and oxygen atoms in total. The predicted octanol–water partition coefficient (Wildman–Crippen LogP) is 5.73. The van der Waals surface area contributed by atoms with Gasteiger partial charge in [-0.1, -0.05) is 63.6 Å². The molecule has 1 N–H and O–H groups in total. The van der Waals surface area contributed by atoms with Crippen LogP contribution in [-0.2, 0) is 0 Å². The first-order chi connectivity index (χ1) is 13.0. The van der Waals surface area contributed by atoms with Crippen LogP contribution in [0.5, 0.6) is 0 Å². The Morgan fingerprint density at radius 1 is 1.33 bits per heavy atom.